The number of rotatable bonds is 6. The number of aliphatic carboxylic acids is 1. The van der Waals surface area contributed by atoms with Crippen molar-refractivity contribution in [3.63, 3.8) is 0 Å². The first-order valence-electron chi connectivity index (χ1n) is 4.90. The molecule has 1 unspecified atom stereocenters. The van der Waals surface area contributed by atoms with Crippen molar-refractivity contribution in [1.82, 2.24) is 14.1 Å². The van der Waals surface area contributed by atoms with E-state index in [9.17, 15) is 9.59 Å². The van der Waals surface area contributed by atoms with Crippen molar-refractivity contribution in [3.05, 3.63) is 11.9 Å². The molecular weight excluding hydrogens is 230 g/mol. The van der Waals surface area contributed by atoms with E-state index in [0.717, 1.165) is 11.7 Å². The molecule has 1 amide bonds. The highest BCUT2D eigenvalue weighted by molar-refractivity contribution is 6.99. The summed E-state index contributed by atoms with van der Waals surface area (Å²) in [5.41, 5.74) is 0.301. The molecule has 6 nitrogen and oxygen atoms in total. The van der Waals surface area contributed by atoms with Gasteiger partial charge in [0.05, 0.1) is 17.9 Å². The molecule has 0 aromatic carbocycles. The van der Waals surface area contributed by atoms with Gasteiger partial charge in [-0.1, -0.05) is 0 Å². The molecule has 0 radical (unpaired) electrons. The molecule has 0 saturated heterocycles. The van der Waals surface area contributed by atoms with Crippen molar-refractivity contribution in [1.29, 1.82) is 0 Å². The molecule has 88 valence electrons. The summed E-state index contributed by atoms with van der Waals surface area (Å²) in [7, 11) is 0. The van der Waals surface area contributed by atoms with Gasteiger partial charge < -0.3 is 10.4 Å². The third-order valence-electron chi connectivity index (χ3n) is 2.00. The number of amides is 1. The lowest BCUT2D eigenvalue weighted by molar-refractivity contribution is -0.137. The first-order chi connectivity index (χ1) is 7.59. The molecule has 1 heterocycles. The van der Waals surface area contributed by atoms with Crippen LogP contribution < -0.4 is 5.32 Å². The summed E-state index contributed by atoms with van der Waals surface area (Å²) in [6.07, 6.45) is 2.71. The number of carbonyl (C=O) groups is 2. The summed E-state index contributed by atoms with van der Waals surface area (Å²) in [5, 5.41) is 11.2. The van der Waals surface area contributed by atoms with Gasteiger partial charge in [-0.3, -0.25) is 9.59 Å². The highest BCUT2D eigenvalue weighted by atomic mass is 32.1. The first-order valence-corrected chi connectivity index (χ1v) is 5.63. The van der Waals surface area contributed by atoms with Crippen molar-refractivity contribution in [2.75, 3.05) is 0 Å². The highest BCUT2D eigenvalue weighted by Gasteiger charge is 2.12. The molecule has 16 heavy (non-hydrogen) atoms. The normalized spacial score (nSPS) is 12.1. The van der Waals surface area contributed by atoms with Gasteiger partial charge in [0.15, 0.2) is 5.69 Å². The first kappa shape index (κ1) is 12.6. The number of hydrogen-bond acceptors (Lipinski definition) is 5. The van der Waals surface area contributed by atoms with Gasteiger partial charge in [-0.05, 0) is 19.8 Å². The van der Waals surface area contributed by atoms with Crippen LogP contribution in [0.5, 0.6) is 0 Å². The molecule has 2 N–H and O–H groups in total. The van der Waals surface area contributed by atoms with Gasteiger partial charge in [0, 0.05) is 12.5 Å². The molecule has 0 saturated carbocycles. The van der Waals surface area contributed by atoms with Gasteiger partial charge in [-0.15, -0.1) is 0 Å². The molecule has 1 aromatic heterocycles. The lowest BCUT2D eigenvalue weighted by atomic mass is 10.1. The van der Waals surface area contributed by atoms with Gasteiger partial charge in [0.25, 0.3) is 5.91 Å². The van der Waals surface area contributed by atoms with Crippen LogP contribution in [0.2, 0.25) is 0 Å². The second kappa shape index (κ2) is 6.16. The molecule has 0 aliphatic heterocycles. The molecule has 1 aromatic rings. The van der Waals surface area contributed by atoms with Crippen molar-refractivity contribution >= 4 is 23.6 Å². The fourth-order valence-corrected chi connectivity index (χ4v) is 1.61. The molecule has 0 spiro atoms. The predicted octanol–water partition coefficient (Wildman–Crippen LogP) is 0.911. The largest absolute Gasteiger partial charge is 0.481 e. The Balaban J connectivity index is 2.26. The lowest BCUT2D eigenvalue weighted by Crippen LogP contribution is -2.32. The van der Waals surface area contributed by atoms with Gasteiger partial charge in [0.1, 0.15) is 0 Å². The Morgan fingerprint density at radius 3 is 2.94 bits per heavy atom. The zero-order chi connectivity index (χ0) is 12.0. The summed E-state index contributed by atoms with van der Waals surface area (Å²) < 4.78 is 7.53. The molecule has 1 rings (SSSR count). The third-order valence-corrected chi connectivity index (χ3v) is 2.48. The predicted molar refractivity (Wildman–Crippen MR) is 58.3 cm³/mol. The minimum atomic E-state index is -0.817. The Morgan fingerprint density at radius 1 is 1.62 bits per heavy atom. The molecule has 0 bridgehead atoms. The van der Waals surface area contributed by atoms with Crippen LogP contribution in [-0.4, -0.2) is 31.8 Å². The summed E-state index contributed by atoms with van der Waals surface area (Å²) in [6.45, 7) is 1.83. The fraction of sp³-hybridized carbons (Fsp3) is 0.556. The fourth-order valence-electron chi connectivity index (χ4n) is 1.19. The van der Waals surface area contributed by atoms with E-state index in [1.807, 2.05) is 6.92 Å². The molecule has 7 heteroatoms. The number of carboxylic acids is 1. The van der Waals surface area contributed by atoms with E-state index in [2.05, 4.69) is 14.1 Å². The minimum Gasteiger partial charge on any atom is -0.481 e. The number of aromatic nitrogens is 2. The standard InChI is InChI=1S/C9H13N3O3S/c1-6(3-2-4-8(13)14)11-9(15)7-5-10-16-12-7/h5-6H,2-4H2,1H3,(H,11,15)(H,13,14). The van der Waals surface area contributed by atoms with Crippen LogP contribution >= 0.6 is 11.7 Å². The monoisotopic (exact) mass is 243 g/mol. The SMILES string of the molecule is CC(CCCC(=O)O)NC(=O)c1cnsn1. The smallest absolute Gasteiger partial charge is 0.303 e. The quantitative estimate of drug-likeness (QED) is 0.774. The van der Waals surface area contributed by atoms with Gasteiger partial charge in [-0.25, -0.2) is 0 Å². The van der Waals surface area contributed by atoms with Crippen LogP contribution in [0.15, 0.2) is 6.20 Å². The highest BCUT2D eigenvalue weighted by Crippen LogP contribution is 2.02. The summed E-state index contributed by atoms with van der Waals surface area (Å²) in [5.74, 6) is -1.08. The van der Waals surface area contributed by atoms with E-state index in [1.165, 1.54) is 6.20 Å². The van der Waals surface area contributed by atoms with E-state index in [1.54, 1.807) is 0 Å². The summed E-state index contributed by atoms with van der Waals surface area (Å²) >= 11 is 0.978. The van der Waals surface area contributed by atoms with Crippen LogP contribution in [-0.2, 0) is 4.79 Å². The molecule has 0 aliphatic carbocycles. The van der Waals surface area contributed by atoms with Crippen molar-refractivity contribution in [2.24, 2.45) is 0 Å². The average Bonchev–Trinajstić information content (AvgIpc) is 2.69. The van der Waals surface area contributed by atoms with Gasteiger partial charge in [0.2, 0.25) is 0 Å². The van der Waals surface area contributed by atoms with E-state index in [-0.39, 0.29) is 18.4 Å². The van der Waals surface area contributed by atoms with Crippen LogP contribution in [0.3, 0.4) is 0 Å². The lowest BCUT2D eigenvalue weighted by Gasteiger charge is -2.11. The Kier molecular flexibility index (Phi) is 4.84. The maximum atomic E-state index is 11.5. The number of nitrogens with one attached hydrogen (secondary N) is 1. The van der Waals surface area contributed by atoms with E-state index < -0.39 is 5.97 Å². The maximum absolute atomic E-state index is 11.5. The molecular formula is C9H13N3O3S. The van der Waals surface area contributed by atoms with Crippen LogP contribution in [0.4, 0.5) is 0 Å². The number of hydrogen-bond donors (Lipinski definition) is 2. The Labute approximate surface area is 97.0 Å². The van der Waals surface area contributed by atoms with Crippen molar-refractivity contribution in [2.45, 2.75) is 32.2 Å². The average molecular weight is 243 g/mol. The second-order valence-electron chi connectivity index (χ2n) is 3.45. The second-order valence-corrected chi connectivity index (χ2v) is 4.01. The van der Waals surface area contributed by atoms with Gasteiger partial charge in [-0.2, -0.15) is 8.75 Å². The van der Waals surface area contributed by atoms with Gasteiger partial charge >= 0.3 is 5.97 Å². The van der Waals surface area contributed by atoms with Crippen molar-refractivity contribution < 1.29 is 14.7 Å². The topological polar surface area (TPSA) is 92.2 Å². The van der Waals surface area contributed by atoms with Crippen LogP contribution in [0.25, 0.3) is 0 Å². The summed E-state index contributed by atoms with van der Waals surface area (Å²) in [6, 6.07) is -0.0615. The Hall–Kier alpha value is -1.50. The van der Waals surface area contributed by atoms with Crippen molar-refractivity contribution in [3.8, 4) is 0 Å². The summed E-state index contributed by atoms with van der Waals surface area (Å²) in [4.78, 5) is 21.8. The molecule has 0 fully saturated rings. The van der Waals surface area contributed by atoms with Crippen LogP contribution in [0, 0.1) is 0 Å². The van der Waals surface area contributed by atoms with Crippen LogP contribution in [0.1, 0.15) is 36.7 Å². The zero-order valence-electron chi connectivity index (χ0n) is 8.84. The van der Waals surface area contributed by atoms with E-state index in [4.69, 9.17) is 5.11 Å². The molecule has 0 aliphatic rings. The number of carbonyl (C=O) groups excluding carboxylic acids is 1. The molecule has 1 atom stereocenters. The zero-order valence-corrected chi connectivity index (χ0v) is 9.66. The Morgan fingerprint density at radius 2 is 2.38 bits per heavy atom. The number of nitrogens with zero attached hydrogens (tertiary/aromatic N) is 2. The maximum Gasteiger partial charge on any atom is 0.303 e. The Bertz CT molecular complexity index is 353. The third kappa shape index (κ3) is 4.35. The minimum absolute atomic E-state index is 0.0615. The number of carboxylic acid groups (broad SMARTS) is 1. The van der Waals surface area contributed by atoms with E-state index in [0.29, 0.717) is 18.5 Å². The van der Waals surface area contributed by atoms with E-state index >= 15 is 0 Å².